The van der Waals surface area contributed by atoms with Crippen LogP contribution in [0.1, 0.15) is 46.5 Å². The highest BCUT2D eigenvalue weighted by molar-refractivity contribution is 5.94. The zero-order chi connectivity index (χ0) is 16.4. The smallest absolute Gasteiger partial charge is 0.244 e. The zero-order valence-corrected chi connectivity index (χ0v) is 14.4. The monoisotopic (exact) mass is 320 g/mol. The second-order valence-corrected chi connectivity index (χ2v) is 7.60. The second-order valence-electron chi connectivity index (χ2n) is 7.60. The minimum atomic E-state index is -0.190. The third kappa shape index (κ3) is 3.75. The molecule has 6 heteroatoms. The van der Waals surface area contributed by atoms with Crippen LogP contribution in [0, 0.1) is 0 Å². The third-order valence-electron chi connectivity index (χ3n) is 4.80. The largest absolute Gasteiger partial charge is 0.378 e. The standard InChI is InChI=1S/C17H28N4O2/c1-17(2,3)21-11-13(10-18-21)19-16(22)15-12-23-9-8-20(15)14-6-4-5-7-14/h10-11,14-15H,4-9,12H2,1-3H3,(H,19,22)/t15-/m0/s1. The molecule has 1 aromatic rings. The van der Waals surface area contributed by atoms with Crippen molar-refractivity contribution >= 4 is 11.6 Å². The molecule has 1 aromatic heterocycles. The van der Waals surface area contributed by atoms with Crippen LogP contribution in [0.4, 0.5) is 5.69 Å². The summed E-state index contributed by atoms with van der Waals surface area (Å²) in [6, 6.07) is 0.344. The molecule has 2 heterocycles. The van der Waals surface area contributed by atoms with Gasteiger partial charge in [0.25, 0.3) is 0 Å². The van der Waals surface area contributed by atoms with Gasteiger partial charge in [-0.2, -0.15) is 5.10 Å². The Kier molecular flexibility index (Phi) is 4.73. The molecule has 2 aliphatic rings. The molecule has 0 unspecified atom stereocenters. The van der Waals surface area contributed by atoms with Crippen LogP contribution in [0.2, 0.25) is 0 Å². The lowest BCUT2D eigenvalue weighted by atomic mass is 10.1. The number of hydrogen-bond acceptors (Lipinski definition) is 4. The average Bonchev–Trinajstić information content (AvgIpc) is 3.18. The number of nitrogens with zero attached hydrogens (tertiary/aromatic N) is 3. The van der Waals surface area contributed by atoms with Crippen LogP contribution >= 0.6 is 0 Å². The summed E-state index contributed by atoms with van der Waals surface area (Å²) in [6.07, 6.45) is 8.55. The fourth-order valence-electron chi connectivity index (χ4n) is 3.50. The number of rotatable bonds is 3. The fraction of sp³-hybridized carbons (Fsp3) is 0.765. The van der Waals surface area contributed by atoms with Crippen molar-refractivity contribution in [2.75, 3.05) is 25.1 Å². The Morgan fingerprint density at radius 1 is 1.35 bits per heavy atom. The Balaban J connectivity index is 1.67. The Labute approximate surface area is 138 Å². The summed E-state index contributed by atoms with van der Waals surface area (Å²) in [5.41, 5.74) is 0.661. The van der Waals surface area contributed by atoms with Gasteiger partial charge in [-0.1, -0.05) is 12.8 Å². The molecule has 0 radical (unpaired) electrons. The van der Waals surface area contributed by atoms with Gasteiger partial charge in [0.05, 0.1) is 30.6 Å². The first-order valence-corrected chi connectivity index (χ1v) is 8.64. The van der Waals surface area contributed by atoms with Gasteiger partial charge in [-0.25, -0.2) is 0 Å². The van der Waals surface area contributed by atoms with Crippen molar-refractivity contribution in [3.05, 3.63) is 12.4 Å². The quantitative estimate of drug-likeness (QED) is 0.928. The first-order valence-electron chi connectivity index (χ1n) is 8.64. The predicted octanol–water partition coefficient (Wildman–Crippen LogP) is 2.22. The van der Waals surface area contributed by atoms with Crippen molar-refractivity contribution in [3.8, 4) is 0 Å². The van der Waals surface area contributed by atoms with Gasteiger partial charge in [0.15, 0.2) is 0 Å². The van der Waals surface area contributed by atoms with Crippen molar-refractivity contribution in [1.29, 1.82) is 0 Å². The zero-order valence-electron chi connectivity index (χ0n) is 14.4. The van der Waals surface area contributed by atoms with E-state index in [0.717, 1.165) is 18.8 Å². The van der Waals surface area contributed by atoms with E-state index in [4.69, 9.17) is 4.74 Å². The highest BCUT2D eigenvalue weighted by Gasteiger charge is 2.35. The molecule has 1 N–H and O–H groups in total. The van der Waals surface area contributed by atoms with E-state index in [9.17, 15) is 4.79 Å². The van der Waals surface area contributed by atoms with Crippen LogP contribution in [0.5, 0.6) is 0 Å². The lowest BCUT2D eigenvalue weighted by Crippen LogP contribution is -2.55. The van der Waals surface area contributed by atoms with Crippen LogP contribution in [-0.2, 0) is 15.1 Å². The van der Waals surface area contributed by atoms with Crippen molar-refractivity contribution < 1.29 is 9.53 Å². The molecular weight excluding hydrogens is 292 g/mol. The number of carbonyl (C=O) groups excluding carboxylic acids is 1. The lowest BCUT2D eigenvalue weighted by molar-refractivity contribution is -0.129. The van der Waals surface area contributed by atoms with E-state index < -0.39 is 0 Å². The highest BCUT2D eigenvalue weighted by atomic mass is 16.5. The molecule has 23 heavy (non-hydrogen) atoms. The number of morpholine rings is 1. The number of hydrogen-bond donors (Lipinski definition) is 1. The molecule has 0 aromatic carbocycles. The molecule has 0 spiro atoms. The van der Waals surface area contributed by atoms with E-state index in [1.165, 1.54) is 25.7 Å². The molecular formula is C17H28N4O2. The molecule has 6 nitrogen and oxygen atoms in total. The Morgan fingerprint density at radius 2 is 2.09 bits per heavy atom. The van der Waals surface area contributed by atoms with E-state index >= 15 is 0 Å². The SMILES string of the molecule is CC(C)(C)n1cc(NC(=O)[C@@H]2COCCN2C2CCCC2)cn1. The van der Waals surface area contributed by atoms with Gasteiger partial charge in [0.2, 0.25) is 5.91 Å². The predicted molar refractivity (Wildman–Crippen MR) is 89.4 cm³/mol. The molecule has 128 valence electrons. The van der Waals surface area contributed by atoms with Crippen molar-refractivity contribution in [2.45, 2.75) is 64.1 Å². The first kappa shape index (κ1) is 16.5. The Hall–Kier alpha value is -1.40. The van der Waals surface area contributed by atoms with Gasteiger partial charge in [0, 0.05) is 18.8 Å². The van der Waals surface area contributed by atoms with Crippen LogP contribution in [-0.4, -0.2) is 52.4 Å². The number of carbonyl (C=O) groups is 1. The van der Waals surface area contributed by atoms with Crippen molar-refractivity contribution in [1.82, 2.24) is 14.7 Å². The maximum Gasteiger partial charge on any atom is 0.244 e. The third-order valence-corrected chi connectivity index (χ3v) is 4.80. The van der Waals surface area contributed by atoms with Crippen LogP contribution in [0.25, 0.3) is 0 Å². The molecule has 0 bridgehead atoms. The maximum absolute atomic E-state index is 12.7. The van der Waals surface area contributed by atoms with Gasteiger partial charge < -0.3 is 10.1 Å². The number of amides is 1. The maximum atomic E-state index is 12.7. The van der Waals surface area contributed by atoms with E-state index in [0.29, 0.717) is 12.6 Å². The summed E-state index contributed by atoms with van der Waals surface area (Å²) in [6.45, 7) is 8.31. The van der Waals surface area contributed by atoms with Crippen molar-refractivity contribution in [3.63, 3.8) is 0 Å². The van der Waals surface area contributed by atoms with E-state index in [2.05, 4.69) is 36.1 Å². The van der Waals surface area contributed by atoms with E-state index in [-0.39, 0.29) is 17.5 Å². The minimum absolute atomic E-state index is 0.0186. The summed E-state index contributed by atoms with van der Waals surface area (Å²) in [5.74, 6) is 0.0186. The number of nitrogens with one attached hydrogen (secondary N) is 1. The second kappa shape index (κ2) is 6.61. The molecule has 1 amide bonds. The van der Waals surface area contributed by atoms with Gasteiger partial charge >= 0.3 is 0 Å². The molecule has 2 fully saturated rings. The summed E-state index contributed by atoms with van der Waals surface area (Å²) in [4.78, 5) is 15.1. The summed E-state index contributed by atoms with van der Waals surface area (Å²) in [7, 11) is 0. The van der Waals surface area contributed by atoms with Crippen LogP contribution < -0.4 is 5.32 Å². The topological polar surface area (TPSA) is 59.4 Å². The van der Waals surface area contributed by atoms with Crippen LogP contribution in [0.15, 0.2) is 12.4 Å². The van der Waals surface area contributed by atoms with Gasteiger partial charge in [-0.05, 0) is 33.6 Å². The van der Waals surface area contributed by atoms with E-state index in [1.54, 1.807) is 6.20 Å². The van der Waals surface area contributed by atoms with Crippen LogP contribution in [0.3, 0.4) is 0 Å². The fourth-order valence-corrected chi connectivity index (χ4v) is 3.50. The van der Waals surface area contributed by atoms with Gasteiger partial charge in [0.1, 0.15) is 6.04 Å². The lowest BCUT2D eigenvalue weighted by Gasteiger charge is -2.38. The number of aromatic nitrogens is 2. The molecule has 1 aliphatic heterocycles. The van der Waals surface area contributed by atoms with Gasteiger partial charge in [-0.3, -0.25) is 14.4 Å². The summed E-state index contributed by atoms with van der Waals surface area (Å²) < 4.78 is 7.44. The molecule has 1 aliphatic carbocycles. The highest BCUT2D eigenvalue weighted by Crippen LogP contribution is 2.27. The molecule has 1 atom stereocenters. The number of anilines is 1. The van der Waals surface area contributed by atoms with E-state index in [1.807, 2.05) is 10.9 Å². The molecule has 1 saturated carbocycles. The van der Waals surface area contributed by atoms with Crippen molar-refractivity contribution in [2.24, 2.45) is 0 Å². The number of ether oxygens (including phenoxy) is 1. The first-order chi connectivity index (χ1) is 10.9. The summed E-state index contributed by atoms with van der Waals surface area (Å²) >= 11 is 0. The Bertz CT molecular complexity index is 543. The average molecular weight is 320 g/mol. The van der Waals surface area contributed by atoms with Gasteiger partial charge in [-0.15, -0.1) is 0 Å². The Morgan fingerprint density at radius 3 is 2.74 bits per heavy atom. The molecule has 3 rings (SSSR count). The minimum Gasteiger partial charge on any atom is -0.378 e. The summed E-state index contributed by atoms with van der Waals surface area (Å²) in [5, 5.41) is 7.35. The molecule has 1 saturated heterocycles. The normalized spacial score (nSPS) is 24.0.